The molecule has 28 heavy (non-hydrogen) atoms. The fourth-order valence-electron chi connectivity index (χ4n) is 3.34. The van der Waals surface area contributed by atoms with Gasteiger partial charge in [0, 0.05) is 6.08 Å². The third-order valence-electron chi connectivity index (χ3n) is 4.88. The molecule has 3 rings (SSSR count). The number of hydrogen-bond acceptors (Lipinski definition) is 4. The largest absolute Gasteiger partial charge is 0.497 e. The summed E-state index contributed by atoms with van der Waals surface area (Å²) in [6.07, 6.45) is 5.05. The number of carbonyl (C=O) groups is 2. The lowest BCUT2D eigenvalue weighted by Gasteiger charge is -2.27. The molecule has 0 heterocycles. The second-order valence-electron chi connectivity index (χ2n) is 6.84. The van der Waals surface area contributed by atoms with Gasteiger partial charge in [0.05, 0.1) is 13.2 Å². The molecule has 2 atom stereocenters. The maximum atomic E-state index is 12.5. The summed E-state index contributed by atoms with van der Waals surface area (Å²) in [6, 6.07) is 15.4. The van der Waals surface area contributed by atoms with Crippen molar-refractivity contribution in [2.75, 3.05) is 7.11 Å². The van der Waals surface area contributed by atoms with Crippen molar-refractivity contribution in [2.45, 2.75) is 38.3 Å². The predicted molar refractivity (Wildman–Crippen MR) is 108 cm³/mol. The second-order valence-corrected chi connectivity index (χ2v) is 6.84. The Labute approximate surface area is 165 Å². The van der Waals surface area contributed by atoms with Gasteiger partial charge in [-0.3, -0.25) is 4.79 Å². The van der Waals surface area contributed by atoms with Crippen molar-refractivity contribution in [1.82, 2.24) is 5.32 Å². The maximum absolute atomic E-state index is 12.5. The highest BCUT2D eigenvalue weighted by Gasteiger charge is 2.24. The Balaban J connectivity index is 1.54. The SMILES string of the molecule is COc1ccc(/C=C/C(=O)O[C@@H](C)C(=O)N[C@H]2CCCc3ccccc32)cc1. The summed E-state index contributed by atoms with van der Waals surface area (Å²) in [6.45, 7) is 1.59. The van der Waals surface area contributed by atoms with E-state index in [0.717, 1.165) is 36.1 Å². The number of hydrogen-bond donors (Lipinski definition) is 1. The summed E-state index contributed by atoms with van der Waals surface area (Å²) < 4.78 is 10.3. The van der Waals surface area contributed by atoms with Gasteiger partial charge in [-0.15, -0.1) is 0 Å². The second kappa shape index (κ2) is 9.22. The molecule has 1 aliphatic rings. The molecule has 0 aromatic heterocycles. The van der Waals surface area contributed by atoms with Gasteiger partial charge in [0.2, 0.25) is 0 Å². The van der Waals surface area contributed by atoms with Crippen LogP contribution in [0.3, 0.4) is 0 Å². The number of methoxy groups -OCH3 is 1. The van der Waals surface area contributed by atoms with Gasteiger partial charge in [-0.1, -0.05) is 36.4 Å². The van der Waals surface area contributed by atoms with Gasteiger partial charge in [0.25, 0.3) is 5.91 Å². The molecular formula is C23H25NO4. The van der Waals surface area contributed by atoms with E-state index >= 15 is 0 Å². The van der Waals surface area contributed by atoms with Crippen molar-refractivity contribution in [1.29, 1.82) is 0 Å². The number of benzene rings is 2. The van der Waals surface area contributed by atoms with Crippen LogP contribution in [0.25, 0.3) is 6.08 Å². The molecule has 1 aliphatic carbocycles. The maximum Gasteiger partial charge on any atom is 0.331 e. The van der Waals surface area contributed by atoms with Crippen LogP contribution >= 0.6 is 0 Å². The van der Waals surface area contributed by atoms with Gasteiger partial charge in [0.1, 0.15) is 5.75 Å². The average molecular weight is 379 g/mol. The first-order chi connectivity index (χ1) is 13.6. The molecule has 0 aliphatic heterocycles. The molecular weight excluding hydrogens is 354 g/mol. The topological polar surface area (TPSA) is 64.6 Å². The lowest BCUT2D eigenvalue weighted by atomic mass is 9.87. The third kappa shape index (κ3) is 5.00. The van der Waals surface area contributed by atoms with Crippen molar-refractivity contribution >= 4 is 18.0 Å². The quantitative estimate of drug-likeness (QED) is 0.612. The van der Waals surface area contributed by atoms with Crippen LogP contribution in [-0.4, -0.2) is 25.1 Å². The number of carbonyl (C=O) groups excluding carboxylic acids is 2. The number of nitrogens with one attached hydrogen (secondary N) is 1. The summed E-state index contributed by atoms with van der Waals surface area (Å²) in [7, 11) is 1.60. The van der Waals surface area contributed by atoms with Crippen LogP contribution in [0, 0.1) is 0 Å². The Morgan fingerprint density at radius 2 is 1.89 bits per heavy atom. The number of fused-ring (bicyclic) bond motifs is 1. The molecule has 0 bridgehead atoms. The molecule has 0 radical (unpaired) electrons. The van der Waals surface area contributed by atoms with Crippen LogP contribution in [0.5, 0.6) is 5.75 Å². The van der Waals surface area contributed by atoms with Gasteiger partial charge in [-0.2, -0.15) is 0 Å². The van der Waals surface area contributed by atoms with E-state index in [1.165, 1.54) is 11.6 Å². The molecule has 0 fully saturated rings. The van der Waals surface area contributed by atoms with Gasteiger partial charge >= 0.3 is 5.97 Å². The zero-order valence-corrected chi connectivity index (χ0v) is 16.2. The first-order valence-corrected chi connectivity index (χ1v) is 9.48. The third-order valence-corrected chi connectivity index (χ3v) is 4.88. The standard InChI is InChI=1S/C23H25NO4/c1-16(28-22(25)15-12-17-10-13-19(27-2)14-11-17)23(26)24-21-9-5-7-18-6-3-4-8-20(18)21/h3-4,6,8,10-16,21H,5,7,9H2,1-2H3,(H,24,26)/b15-12+/t16-,21-/m0/s1. The zero-order chi connectivity index (χ0) is 19.9. The van der Waals surface area contributed by atoms with Gasteiger partial charge in [-0.25, -0.2) is 4.79 Å². The van der Waals surface area contributed by atoms with Crippen molar-refractivity contribution < 1.29 is 19.1 Å². The van der Waals surface area contributed by atoms with E-state index in [4.69, 9.17) is 9.47 Å². The van der Waals surface area contributed by atoms with E-state index in [0.29, 0.717) is 0 Å². The molecule has 1 N–H and O–H groups in total. The lowest BCUT2D eigenvalue weighted by molar-refractivity contribution is -0.150. The summed E-state index contributed by atoms with van der Waals surface area (Å²) in [5.41, 5.74) is 3.26. The molecule has 0 saturated heterocycles. The highest BCUT2D eigenvalue weighted by Crippen LogP contribution is 2.29. The minimum atomic E-state index is -0.859. The van der Waals surface area contributed by atoms with Gasteiger partial charge in [0.15, 0.2) is 6.10 Å². The number of aryl methyl sites for hydroxylation is 1. The van der Waals surface area contributed by atoms with Crippen LogP contribution in [-0.2, 0) is 20.7 Å². The fraction of sp³-hybridized carbons (Fsp3) is 0.304. The number of rotatable bonds is 6. The molecule has 0 unspecified atom stereocenters. The summed E-state index contributed by atoms with van der Waals surface area (Å²) in [5.74, 6) is -0.0929. The van der Waals surface area contributed by atoms with Crippen LogP contribution in [0.15, 0.2) is 54.6 Å². The summed E-state index contributed by atoms with van der Waals surface area (Å²) in [5, 5.41) is 3.01. The highest BCUT2D eigenvalue weighted by atomic mass is 16.5. The van der Waals surface area contributed by atoms with Crippen LogP contribution < -0.4 is 10.1 Å². The Morgan fingerprint density at radius 3 is 2.64 bits per heavy atom. The van der Waals surface area contributed by atoms with Crippen LogP contribution in [0.1, 0.15) is 42.5 Å². The minimum absolute atomic E-state index is 0.0338. The van der Waals surface area contributed by atoms with E-state index < -0.39 is 12.1 Å². The molecule has 0 saturated carbocycles. The molecule has 1 amide bonds. The average Bonchev–Trinajstić information content (AvgIpc) is 2.73. The first kappa shape index (κ1) is 19.7. The molecule has 0 spiro atoms. The minimum Gasteiger partial charge on any atom is -0.497 e. The molecule has 146 valence electrons. The number of amides is 1. The Morgan fingerprint density at radius 1 is 1.14 bits per heavy atom. The van der Waals surface area contributed by atoms with Crippen molar-refractivity contribution in [3.05, 3.63) is 71.3 Å². The lowest BCUT2D eigenvalue weighted by Crippen LogP contribution is -2.39. The normalized spacial score (nSPS) is 16.9. The number of ether oxygens (including phenoxy) is 2. The molecule has 2 aromatic carbocycles. The smallest absolute Gasteiger partial charge is 0.331 e. The van der Waals surface area contributed by atoms with Crippen molar-refractivity contribution in [2.24, 2.45) is 0 Å². The van der Waals surface area contributed by atoms with Gasteiger partial charge < -0.3 is 14.8 Å². The summed E-state index contributed by atoms with van der Waals surface area (Å²) in [4.78, 5) is 24.5. The van der Waals surface area contributed by atoms with E-state index in [1.807, 2.05) is 42.5 Å². The van der Waals surface area contributed by atoms with Gasteiger partial charge in [-0.05, 0) is 61.1 Å². The van der Waals surface area contributed by atoms with Crippen molar-refractivity contribution in [3.8, 4) is 5.75 Å². The predicted octanol–water partition coefficient (Wildman–Crippen LogP) is 3.83. The number of esters is 1. The van der Waals surface area contributed by atoms with Crippen LogP contribution in [0.4, 0.5) is 0 Å². The molecule has 5 heteroatoms. The Bertz CT molecular complexity index is 857. The first-order valence-electron chi connectivity index (χ1n) is 9.48. The zero-order valence-electron chi connectivity index (χ0n) is 16.2. The van der Waals surface area contributed by atoms with E-state index in [9.17, 15) is 9.59 Å². The molecule has 2 aromatic rings. The van der Waals surface area contributed by atoms with Crippen molar-refractivity contribution in [3.63, 3.8) is 0 Å². The molecule has 5 nitrogen and oxygen atoms in total. The highest BCUT2D eigenvalue weighted by molar-refractivity contribution is 5.90. The summed E-state index contributed by atoms with van der Waals surface area (Å²) >= 11 is 0. The van der Waals surface area contributed by atoms with E-state index in [2.05, 4.69) is 11.4 Å². The Hall–Kier alpha value is -3.08. The van der Waals surface area contributed by atoms with E-state index in [-0.39, 0.29) is 11.9 Å². The van der Waals surface area contributed by atoms with Crippen LogP contribution in [0.2, 0.25) is 0 Å². The van der Waals surface area contributed by atoms with E-state index in [1.54, 1.807) is 20.1 Å². The Kier molecular flexibility index (Phi) is 6.48. The fourth-order valence-corrected chi connectivity index (χ4v) is 3.34. The monoisotopic (exact) mass is 379 g/mol.